The molecule has 4 aromatic rings. The van der Waals surface area contributed by atoms with Crippen molar-refractivity contribution in [2.75, 3.05) is 13.1 Å². The number of carbonyl (C=O) groups excluding carboxylic acids is 1. The average Bonchev–Trinajstić information content (AvgIpc) is 3.52. The third-order valence-corrected chi connectivity index (χ3v) is 7.38. The normalized spacial score (nSPS) is 18.3. The molecule has 2 aromatic heterocycles. The molecule has 14 heteroatoms. The maximum absolute atomic E-state index is 13.5. The molecule has 1 N–H and O–H groups in total. The molecule has 0 spiro atoms. The second kappa shape index (κ2) is 11.7. The lowest BCUT2D eigenvalue weighted by molar-refractivity contribution is -0.207. The van der Waals surface area contributed by atoms with E-state index in [9.17, 15) is 27.9 Å². The third-order valence-electron chi connectivity index (χ3n) is 7.13. The summed E-state index contributed by atoms with van der Waals surface area (Å²) >= 11 is 5.94. The van der Waals surface area contributed by atoms with Gasteiger partial charge in [0.25, 0.3) is 5.91 Å². The lowest BCUT2D eigenvalue weighted by Crippen LogP contribution is -2.42. The molecular formula is C28H29ClF3N7O3. The van der Waals surface area contributed by atoms with E-state index in [4.69, 9.17) is 11.6 Å². The first-order chi connectivity index (χ1) is 19.9. The van der Waals surface area contributed by atoms with Crippen LogP contribution in [0.4, 0.5) is 13.2 Å². The zero-order chi connectivity index (χ0) is 30.2. The van der Waals surface area contributed by atoms with E-state index in [2.05, 4.69) is 29.0 Å². The van der Waals surface area contributed by atoms with Crippen LogP contribution in [0.2, 0.25) is 5.02 Å². The number of hydrogen-bond donors (Lipinski definition) is 1. The van der Waals surface area contributed by atoms with E-state index in [1.807, 2.05) is 4.90 Å². The summed E-state index contributed by atoms with van der Waals surface area (Å²) in [5.41, 5.74) is 0.392. The minimum absolute atomic E-state index is 0.0830. The third kappa shape index (κ3) is 6.26. The van der Waals surface area contributed by atoms with Crippen molar-refractivity contribution in [1.29, 1.82) is 0 Å². The van der Waals surface area contributed by atoms with Crippen molar-refractivity contribution in [3.8, 4) is 17.1 Å². The number of hydrogen-bond acceptors (Lipinski definition) is 6. The summed E-state index contributed by atoms with van der Waals surface area (Å²) in [6.45, 7) is 4.24. The summed E-state index contributed by atoms with van der Waals surface area (Å²) in [6.07, 6.45) is -5.26. The summed E-state index contributed by atoms with van der Waals surface area (Å²) in [7, 11) is 0. The van der Waals surface area contributed by atoms with Gasteiger partial charge in [-0.05, 0) is 54.7 Å². The average molecular weight is 604 g/mol. The highest BCUT2D eigenvalue weighted by Gasteiger charge is 2.39. The molecule has 0 aliphatic carbocycles. The number of aliphatic hydroxyl groups excluding tert-OH is 1. The molecule has 222 valence electrons. The summed E-state index contributed by atoms with van der Waals surface area (Å²) < 4.78 is 42.6. The fourth-order valence-corrected chi connectivity index (χ4v) is 5.40. The fourth-order valence-electron chi connectivity index (χ4n) is 5.27. The molecule has 1 aliphatic heterocycles. The maximum atomic E-state index is 13.5. The summed E-state index contributed by atoms with van der Waals surface area (Å²) in [5, 5.41) is 18.8. The summed E-state index contributed by atoms with van der Waals surface area (Å²) in [5.74, 6) is 0.710. The van der Waals surface area contributed by atoms with E-state index in [1.165, 1.54) is 35.3 Å². The number of nitrogens with zero attached hydrogens (tertiary/aromatic N) is 7. The molecule has 0 bridgehead atoms. The SMILES string of the molecule is CC1CC(C)CN(C(=O)c2ccccc2-n2cnc(Cn3nc(-c4ccc(Cl)cc4)n(CC(O)C(F)(F)F)c3=O)n2)C1. The Morgan fingerprint density at radius 3 is 2.40 bits per heavy atom. The Hall–Kier alpha value is -3.97. The molecule has 2 aromatic carbocycles. The largest absolute Gasteiger partial charge is 0.416 e. The number of amides is 1. The number of alkyl halides is 3. The Balaban J connectivity index is 1.45. The molecular weight excluding hydrogens is 575 g/mol. The van der Waals surface area contributed by atoms with Crippen molar-refractivity contribution >= 4 is 17.5 Å². The predicted octanol–water partition coefficient (Wildman–Crippen LogP) is 4.04. The van der Waals surface area contributed by atoms with Gasteiger partial charge in [0.2, 0.25) is 0 Å². The van der Waals surface area contributed by atoms with Crippen molar-refractivity contribution in [2.45, 2.75) is 45.6 Å². The smallest absolute Gasteiger partial charge is 0.382 e. The second-order valence-electron chi connectivity index (χ2n) is 10.7. The Morgan fingerprint density at radius 1 is 1.07 bits per heavy atom. The van der Waals surface area contributed by atoms with Gasteiger partial charge in [0, 0.05) is 23.7 Å². The second-order valence-corrected chi connectivity index (χ2v) is 11.2. The van der Waals surface area contributed by atoms with Gasteiger partial charge in [-0.3, -0.25) is 9.36 Å². The van der Waals surface area contributed by atoms with Crippen molar-refractivity contribution in [3.63, 3.8) is 0 Å². The lowest BCUT2D eigenvalue weighted by atomic mass is 9.91. The van der Waals surface area contributed by atoms with Crippen LogP contribution in [0.15, 0.2) is 59.7 Å². The molecule has 5 rings (SSSR count). The zero-order valence-corrected chi connectivity index (χ0v) is 23.6. The van der Waals surface area contributed by atoms with Gasteiger partial charge in [-0.15, -0.1) is 10.2 Å². The van der Waals surface area contributed by atoms with Gasteiger partial charge in [-0.25, -0.2) is 19.1 Å². The van der Waals surface area contributed by atoms with Crippen LogP contribution in [-0.2, 0) is 13.1 Å². The van der Waals surface area contributed by atoms with E-state index in [-0.39, 0.29) is 24.1 Å². The number of carbonyl (C=O) groups is 1. The van der Waals surface area contributed by atoms with Crippen molar-refractivity contribution < 1.29 is 23.1 Å². The standard InChI is InChI=1S/C28H29ClF3N7O3/c1-17-11-18(2)13-36(12-17)26(41)21-5-3-4-6-22(21)39-16-33-24(34-39)15-38-27(42)37(14-23(40)28(30,31)32)25(35-38)19-7-9-20(29)10-8-19/h3-10,16-18,23,40H,11-15H2,1-2H3. The molecule has 3 atom stereocenters. The van der Waals surface area contributed by atoms with Crippen LogP contribution >= 0.6 is 11.6 Å². The lowest BCUT2D eigenvalue weighted by Gasteiger charge is -2.35. The molecule has 1 aliphatic rings. The number of piperidine rings is 1. The quantitative estimate of drug-likeness (QED) is 0.341. The highest BCUT2D eigenvalue weighted by Crippen LogP contribution is 2.26. The van der Waals surface area contributed by atoms with Gasteiger partial charge in [-0.2, -0.15) is 13.2 Å². The van der Waals surface area contributed by atoms with Crippen molar-refractivity contribution in [3.05, 3.63) is 81.8 Å². The molecule has 1 fully saturated rings. The van der Waals surface area contributed by atoms with Crippen LogP contribution in [0.1, 0.15) is 36.5 Å². The molecule has 3 unspecified atom stereocenters. The molecule has 10 nitrogen and oxygen atoms in total. The molecule has 3 heterocycles. The fraction of sp³-hybridized carbons (Fsp3) is 0.393. The van der Waals surface area contributed by atoms with Crippen LogP contribution in [0, 0.1) is 11.8 Å². The number of halogens is 4. The van der Waals surface area contributed by atoms with Crippen LogP contribution in [0.25, 0.3) is 17.1 Å². The van der Waals surface area contributed by atoms with E-state index < -0.39 is 24.5 Å². The molecule has 0 saturated carbocycles. The van der Waals surface area contributed by atoms with Crippen molar-refractivity contribution in [1.82, 2.24) is 34.0 Å². The Kier molecular flexibility index (Phi) is 8.24. The Bertz CT molecular complexity index is 1620. The first-order valence-electron chi connectivity index (χ1n) is 13.4. The zero-order valence-electron chi connectivity index (χ0n) is 22.9. The minimum Gasteiger partial charge on any atom is -0.382 e. The maximum Gasteiger partial charge on any atom is 0.416 e. The number of aromatic nitrogens is 6. The van der Waals surface area contributed by atoms with Crippen molar-refractivity contribution in [2.24, 2.45) is 11.8 Å². The number of benzene rings is 2. The molecule has 42 heavy (non-hydrogen) atoms. The van der Waals surface area contributed by atoms with Gasteiger partial charge in [-0.1, -0.05) is 37.6 Å². The van der Waals surface area contributed by atoms with Crippen LogP contribution < -0.4 is 5.69 Å². The van der Waals surface area contributed by atoms with E-state index in [0.29, 0.717) is 46.8 Å². The number of para-hydroxylation sites is 1. The Labute approximate surface area is 244 Å². The van der Waals surface area contributed by atoms with Gasteiger partial charge in [0.15, 0.2) is 17.8 Å². The Morgan fingerprint density at radius 2 is 1.74 bits per heavy atom. The van der Waals surface area contributed by atoms with Gasteiger partial charge in [0.1, 0.15) is 12.9 Å². The topological polar surface area (TPSA) is 111 Å². The van der Waals surface area contributed by atoms with Gasteiger partial charge < -0.3 is 10.0 Å². The summed E-state index contributed by atoms with van der Waals surface area (Å²) in [6, 6.07) is 13.0. The van der Waals surface area contributed by atoms with Crippen LogP contribution in [-0.4, -0.2) is 70.4 Å². The highest BCUT2D eigenvalue weighted by atomic mass is 35.5. The van der Waals surface area contributed by atoms with Crippen LogP contribution in [0.3, 0.4) is 0 Å². The first-order valence-corrected chi connectivity index (χ1v) is 13.8. The summed E-state index contributed by atoms with van der Waals surface area (Å²) in [4.78, 5) is 32.8. The monoisotopic (exact) mass is 603 g/mol. The molecule has 0 radical (unpaired) electrons. The van der Waals surface area contributed by atoms with Gasteiger partial charge >= 0.3 is 11.9 Å². The van der Waals surface area contributed by atoms with E-state index >= 15 is 0 Å². The number of aliphatic hydroxyl groups is 1. The highest BCUT2D eigenvalue weighted by molar-refractivity contribution is 6.30. The number of rotatable bonds is 7. The molecule has 1 saturated heterocycles. The molecule has 1 amide bonds. The number of likely N-dealkylation sites (tertiary alicyclic amines) is 1. The van der Waals surface area contributed by atoms with E-state index in [0.717, 1.165) is 15.7 Å². The van der Waals surface area contributed by atoms with E-state index in [1.54, 1.807) is 24.3 Å². The van der Waals surface area contributed by atoms with Gasteiger partial charge in [0.05, 0.1) is 17.8 Å². The first kappa shape index (κ1) is 29.5. The minimum atomic E-state index is -4.94. The van der Waals surface area contributed by atoms with Crippen LogP contribution in [0.5, 0.6) is 0 Å². The predicted molar refractivity (Wildman–Crippen MR) is 148 cm³/mol.